The molecule has 1 heterocycles. The maximum absolute atomic E-state index is 11.8. The number of amides is 1. The number of nitrogens with one attached hydrogen (secondary N) is 1. The zero-order chi connectivity index (χ0) is 18.1. The van der Waals surface area contributed by atoms with Gasteiger partial charge < -0.3 is 25.5 Å². The number of benzene rings is 1. The number of fused-ring (bicyclic) bond motifs is 1. The number of carboxylic acid groups (broad SMARTS) is 1. The summed E-state index contributed by atoms with van der Waals surface area (Å²) in [6.45, 7) is 5.12. The van der Waals surface area contributed by atoms with Crippen LogP contribution in [0.4, 0.5) is 10.5 Å². The monoisotopic (exact) mass is 334 g/mol. The molecule has 1 atom stereocenters. The van der Waals surface area contributed by atoms with Gasteiger partial charge in [0.1, 0.15) is 17.5 Å². The molecule has 1 amide bonds. The van der Waals surface area contributed by atoms with E-state index in [1.54, 1.807) is 44.5 Å². The van der Waals surface area contributed by atoms with Gasteiger partial charge in [-0.1, -0.05) is 0 Å². The number of carbonyl (C=O) groups is 2. The van der Waals surface area contributed by atoms with Gasteiger partial charge in [0.25, 0.3) is 0 Å². The summed E-state index contributed by atoms with van der Waals surface area (Å²) in [5.41, 5.74) is 7.12. The number of carboxylic acids is 1. The normalized spacial score (nSPS) is 12.8. The van der Waals surface area contributed by atoms with Crippen molar-refractivity contribution in [3.05, 3.63) is 24.0 Å². The third kappa shape index (κ3) is 4.15. The number of alkyl carbamates (subject to hydrolysis) is 1. The van der Waals surface area contributed by atoms with Gasteiger partial charge in [-0.2, -0.15) is 0 Å². The molecule has 8 heteroatoms. The number of hydrogen-bond acceptors (Lipinski definition) is 5. The van der Waals surface area contributed by atoms with Crippen LogP contribution in [-0.2, 0) is 23.0 Å². The van der Waals surface area contributed by atoms with Crippen molar-refractivity contribution in [1.29, 1.82) is 0 Å². The Morgan fingerprint density at radius 2 is 2.08 bits per heavy atom. The largest absolute Gasteiger partial charge is 0.480 e. The molecule has 0 unspecified atom stereocenters. The Morgan fingerprint density at radius 1 is 1.42 bits per heavy atom. The zero-order valence-corrected chi connectivity index (χ0v) is 14.2. The van der Waals surface area contributed by atoms with Crippen LogP contribution in [0.25, 0.3) is 11.0 Å². The van der Waals surface area contributed by atoms with Gasteiger partial charge >= 0.3 is 12.1 Å². The molecule has 0 aliphatic rings. The Balaban J connectivity index is 2.20. The van der Waals surface area contributed by atoms with Crippen LogP contribution < -0.4 is 11.1 Å². The summed E-state index contributed by atoms with van der Waals surface area (Å²) in [6.07, 6.45) is -0.752. The second-order valence-corrected chi connectivity index (χ2v) is 6.58. The van der Waals surface area contributed by atoms with Crippen LogP contribution >= 0.6 is 0 Å². The van der Waals surface area contributed by atoms with E-state index in [1.165, 1.54) is 0 Å². The molecule has 0 spiro atoms. The average Bonchev–Trinajstić information content (AvgIpc) is 2.71. The number of nitrogens with zero attached hydrogens (tertiary/aromatic N) is 2. The van der Waals surface area contributed by atoms with E-state index in [2.05, 4.69) is 10.3 Å². The first-order valence-corrected chi connectivity index (χ1v) is 7.50. The van der Waals surface area contributed by atoms with Gasteiger partial charge in [-0.3, -0.25) is 0 Å². The van der Waals surface area contributed by atoms with Gasteiger partial charge in [-0.25, -0.2) is 14.6 Å². The van der Waals surface area contributed by atoms with Gasteiger partial charge in [-0.05, 0) is 39.0 Å². The van der Waals surface area contributed by atoms with Crippen LogP contribution in [0.5, 0.6) is 0 Å². The second kappa shape index (κ2) is 6.38. The van der Waals surface area contributed by atoms with E-state index in [0.29, 0.717) is 17.0 Å². The van der Waals surface area contributed by atoms with Gasteiger partial charge in [0.05, 0.1) is 11.0 Å². The molecule has 0 saturated carbocycles. The fourth-order valence-electron chi connectivity index (χ4n) is 2.28. The highest BCUT2D eigenvalue weighted by atomic mass is 16.6. The molecule has 8 nitrogen and oxygen atoms in total. The number of carbonyl (C=O) groups excluding carboxylic acids is 1. The van der Waals surface area contributed by atoms with E-state index in [9.17, 15) is 14.7 Å². The third-order valence-corrected chi connectivity index (χ3v) is 3.37. The van der Waals surface area contributed by atoms with Crippen molar-refractivity contribution < 1.29 is 19.4 Å². The highest BCUT2D eigenvalue weighted by Gasteiger charge is 2.26. The van der Waals surface area contributed by atoms with Crippen molar-refractivity contribution in [2.24, 2.45) is 7.05 Å². The summed E-state index contributed by atoms with van der Waals surface area (Å²) in [5.74, 6) is -0.633. The summed E-state index contributed by atoms with van der Waals surface area (Å²) in [7, 11) is 1.78. The Hall–Kier alpha value is -2.77. The first kappa shape index (κ1) is 17.6. The van der Waals surface area contributed by atoms with Crippen molar-refractivity contribution in [2.45, 2.75) is 38.8 Å². The summed E-state index contributed by atoms with van der Waals surface area (Å²) >= 11 is 0. The second-order valence-electron chi connectivity index (χ2n) is 6.58. The lowest BCUT2D eigenvalue weighted by molar-refractivity contribution is -0.139. The van der Waals surface area contributed by atoms with E-state index < -0.39 is 23.7 Å². The first-order valence-electron chi connectivity index (χ1n) is 7.50. The minimum Gasteiger partial charge on any atom is -0.480 e. The highest BCUT2D eigenvalue weighted by Crippen LogP contribution is 2.19. The number of imidazole rings is 1. The fourth-order valence-corrected chi connectivity index (χ4v) is 2.28. The number of hydrogen-bond donors (Lipinski definition) is 3. The number of nitrogen functional groups attached to an aromatic ring is 1. The molecule has 130 valence electrons. The SMILES string of the molecule is Cn1c(C[C@H](NC(=O)OC(C)(C)C)C(=O)O)nc2cc(N)ccc21. The number of aliphatic carboxylic acids is 1. The smallest absolute Gasteiger partial charge is 0.408 e. The summed E-state index contributed by atoms with van der Waals surface area (Å²) < 4.78 is 6.88. The lowest BCUT2D eigenvalue weighted by atomic mass is 10.2. The molecule has 1 aromatic carbocycles. The number of aromatic nitrogens is 2. The Labute approximate surface area is 139 Å². The molecule has 2 aromatic rings. The van der Waals surface area contributed by atoms with Gasteiger partial charge in [0, 0.05) is 19.2 Å². The van der Waals surface area contributed by atoms with Crippen LogP contribution in [0.15, 0.2) is 18.2 Å². The van der Waals surface area contributed by atoms with E-state index in [4.69, 9.17) is 10.5 Å². The average molecular weight is 334 g/mol. The predicted molar refractivity (Wildman–Crippen MR) is 89.6 cm³/mol. The molecule has 0 aliphatic heterocycles. The van der Waals surface area contributed by atoms with Crippen LogP contribution in [0.1, 0.15) is 26.6 Å². The van der Waals surface area contributed by atoms with Crippen LogP contribution in [0.2, 0.25) is 0 Å². The highest BCUT2D eigenvalue weighted by molar-refractivity contribution is 5.82. The first-order chi connectivity index (χ1) is 11.1. The molecule has 0 fully saturated rings. The Kier molecular flexibility index (Phi) is 4.68. The fraction of sp³-hybridized carbons (Fsp3) is 0.438. The number of anilines is 1. The van der Waals surface area contributed by atoms with Gasteiger partial charge in [0.2, 0.25) is 0 Å². The minimum atomic E-state index is -1.16. The van der Waals surface area contributed by atoms with E-state index in [0.717, 1.165) is 5.52 Å². The van der Waals surface area contributed by atoms with Gasteiger partial charge in [-0.15, -0.1) is 0 Å². The van der Waals surface area contributed by atoms with Crippen molar-refractivity contribution in [3.8, 4) is 0 Å². The summed E-state index contributed by atoms with van der Waals surface area (Å²) in [6, 6.07) is 4.14. The molecule has 24 heavy (non-hydrogen) atoms. The number of rotatable bonds is 4. The van der Waals surface area contributed by atoms with Gasteiger partial charge in [0.15, 0.2) is 0 Å². The topological polar surface area (TPSA) is 119 Å². The molecule has 1 aromatic heterocycles. The lowest BCUT2D eigenvalue weighted by Gasteiger charge is -2.21. The van der Waals surface area contributed by atoms with E-state index in [-0.39, 0.29) is 6.42 Å². The quantitative estimate of drug-likeness (QED) is 0.732. The lowest BCUT2D eigenvalue weighted by Crippen LogP contribution is -2.45. The molecule has 0 bridgehead atoms. The minimum absolute atomic E-state index is 0.0274. The maximum atomic E-state index is 11.8. The molecule has 0 radical (unpaired) electrons. The van der Waals surface area contributed by atoms with E-state index in [1.807, 2.05) is 6.07 Å². The van der Waals surface area contributed by atoms with E-state index >= 15 is 0 Å². The summed E-state index contributed by atoms with van der Waals surface area (Å²) in [5, 5.41) is 11.7. The Morgan fingerprint density at radius 3 is 2.67 bits per heavy atom. The number of ether oxygens (including phenoxy) is 1. The van der Waals surface area contributed by atoms with Crippen molar-refractivity contribution in [3.63, 3.8) is 0 Å². The van der Waals surface area contributed by atoms with Crippen molar-refractivity contribution in [2.75, 3.05) is 5.73 Å². The maximum Gasteiger partial charge on any atom is 0.408 e. The standard InChI is InChI=1S/C16H22N4O4/c1-16(2,3)24-15(23)19-11(14(21)22)8-13-18-10-7-9(17)5-6-12(10)20(13)4/h5-7,11H,8,17H2,1-4H3,(H,19,23)(H,21,22)/t11-/m0/s1. The molecule has 4 N–H and O–H groups in total. The molecular formula is C16H22N4O4. The third-order valence-electron chi connectivity index (χ3n) is 3.37. The number of nitrogens with two attached hydrogens (primary N) is 1. The van der Waals surface area contributed by atoms with Crippen molar-refractivity contribution in [1.82, 2.24) is 14.9 Å². The molecule has 2 rings (SSSR count). The zero-order valence-electron chi connectivity index (χ0n) is 14.2. The van der Waals surface area contributed by atoms with Crippen LogP contribution in [0.3, 0.4) is 0 Å². The molecular weight excluding hydrogens is 312 g/mol. The molecule has 0 aliphatic carbocycles. The predicted octanol–water partition coefficient (Wildman–Crippen LogP) is 1.68. The van der Waals surface area contributed by atoms with Crippen molar-refractivity contribution >= 4 is 28.8 Å². The molecule has 0 saturated heterocycles. The van der Waals surface area contributed by atoms with Crippen LogP contribution in [0, 0.1) is 0 Å². The van der Waals surface area contributed by atoms with Crippen LogP contribution in [-0.4, -0.2) is 38.4 Å². The summed E-state index contributed by atoms with van der Waals surface area (Å²) in [4.78, 5) is 27.7. The number of aryl methyl sites for hydroxylation is 1. The Bertz CT molecular complexity index is 776.